The van der Waals surface area contributed by atoms with Gasteiger partial charge >= 0.3 is 0 Å². The van der Waals surface area contributed by atoms with E-state index in [2.05, 4.69) is 11.9 Å². The molecule has 1 aliphatic heterocycles. The van der Waals surface area contributed by atoms with Crippen LogP contribution in [0.2, 0.25) is 0 Å². The van der Waals surface area contributed by atoms with E-state index in [-0.39, 0.29) is 18.4 Å². The number of anilines is 2. The molecule has 1 N–H and O–H groups in total. The highest BCUT2D eigenvalue weighted by molar-refractivity contribution is 5.99. The highest BCUT2D eigenvalue weighted by atomic mass is 16.5. The molecule has 0 atom stereocenters. The molecule has 0 fully saturated rings. The van der Waals surface area contributed by atoms with Crippen LogP contribution < -0.4 is 15.0 Å². The first-order valence-electron chi connectivity index (χ1n) is 8.19. The van der Waals surface area contributed by atoms with Crippen LogP contribution in [0.25, 0.3) is 0 Å². The van der Waals surface area contributed by atoms with E-state index in [0.29, 0.717) is 36.5 Å². The van der Waals surface area contributed by atoms with E-state index in [9.17, 15) is 9.59 Å². The maximum absolute atomic E-state index is 12.2. The van der Waals surface area contributed by atoms with E-state index in [1.807, 2.05) is 30.3 Å². The van der Waals surface area contributed by atoms with Gasteiger partial charge in [0.05, 0.1) is 5.69 Å². The second kappa shape index (κ2) is 7.66. The minimum absolute atomic E-state index is 0.0175. The van der Waals surface area contributed by atoms with Crippen molar-refractivity contribution >= 4 is 23.2 Å². The van der Waals surface area contributed by atoms with Gasteiger partial charge in [-0.25, -0.2) is 0 Å². The summed E-state index contributed by atoms with van der Waals surface area (Å²) in [5.74, 6) is 0.436. The Morgan fingerprint density at radius 2 is 2.04 bits per heavy atom. The molecule has 0 radical (unpaired) electrons. The molecular formula is C20H20N2O3. The van der Waals surface area contributed by atoms with Crippen LogP contribution in [-0.4, -0.2) is 25.0 Å². The zero-order valence-corrected chi connectivity index (χ0v) is 13.9. The molecule has 128 valence electrons. The molecule has 5 heteroatoms. The zero-order valence-electron chi connectivity index (χ0n) is 13.9. The van der Waals surface area contributed by atoms with Crippen molar-refractivity contribution in [1.29, 1.82) is 0 Å². The molecule has 0 saturated heterocycles. The minimum atomic E-state index is -0.125. The molecule has 2 aromatic carbocycles. The van der Waals surface area contributed by atoms with Crippen LogP contribution in [0.1, 0.15) is 12.0 Å². The van der Waals surface area contributed by atoms with Crippen LogP contribution in [-0.2, 0) is 16.0 Å². The fourth-order valence-corrected chi connectivity index (χ4v) is 2.74. The Morgan fingerprint density at radius 3 is 2.80 bits per heavy atom. The van der Waals surface area contributed by atoms with Crippen LogP contribution in [0, 0.1) is 0 Å². The number of nitrogens with zero attached hydrogens (tertiary/aromatic N) is 1. The molecule has 0 bridgehead atoms. The lowest BCUT2D eigenvalue weighted by atomic mass is 10.1. The van der Waals surface area contributed by atoms with E-state index in [1.54, 1.807) is 29.2 Å². The number of aryl methyl sites for hydroxylation is 1. The Balaban J connectivity index is 1.68. The number of nitrogens with one attached hydrogen (secondary N) is 1. The van der Waals surface area contributed by atoms with Crippen molar-refractivity contribution in [3.8, 4) is 5.75 Å². The molecular weight excluding hydrogens is 316 g/mol. The number of rotatable bonds is 6. The van der Waals surface area contributed by atoms with Crippen molar-refractivity contribution in [1.82, 2.24) is 0 Å². The standard InChI is InChI=1S/C20H20N2O3/c1-2-12-22-17-13-16(9-10-18(17)25-14-20(22)24)21-19(23)11-8-15-6-4-3-5-7-15/h2-7,9-10,13H,1,8,11-12,14H2,(H,21,23). The highest BCUT2D eigenvalue weighted by Gasteiger charge is 2.24. The Hall–Kier alpha value is -3.08. The van der Waals surface area contributed by atoms with Gasteiger partial charge < -0.3 is 15.0 Å². The second-order valence-electron chi connectivity index (χ2n) is 5.80. The van der Waals surface area contributed by atoms with Gasteiger partial charge in [0.1, 0.15) is 5.75 Å². The van der Waals surface area contributed by atoms with E-state index < -0.39 is 0 Å². The Bertz CT molecular complexity index is 787. The lowest BCUT2D eigenvalue weighted by Gasteiger charge is -2.28. The smallest absolute Gasteiger partial charge is 0.265 e. The van der Waals surface area contributed by atoms with E-state index in [0.717, 1.165) is 5.56 Å². The monoisotopic (exact) mass is 336 g/mol. The number of benzene rings is 2. The first-order chi connectivity index (χ1) is 12.2. The predicted octanol–water partition coefficient (Wildman–Crippen LogP) is 3.17. The maximum Gasteiger partial charge on any atom is 0.265 e. The minimum Gasteiger partial charge on any atom is -0.482 e. The average molecular weight is 336 g/mol. The average Bonchev–Trinajstić information content (AvgIpc) is 2.63. The van der Waals surface area contributed by atoms with Crippen LogP contribution in [0.15, 0.2) is 61.2 Å². The number of hydrogen-bond donors (Lipinski definition) is 1. The summed E-state index contributed by atoms with van der Waals surface area (Å²) in [6.07, 6.45) is 2.74. The van der Waals surface area contributed by atoms with Crippen molar-refractivity contribution in [2.24, 2.45) is 0 Å². The SMILES string of the molecule is C=CCN1C(=O)COc2ccc(NC(=O)CCc3ccccc3)cc21. The topological polar surface area (TPSA) is 58.6 Å². The lowest BCUT2D eigenvalue weighted by molar-refractivity contribution is -0.121. The third-order valence-electron chi connectivity index (χ3n) is 3.98. The molecule has 3 rings (SSSR count). The fraction of sp³-hybridized carbons (Fsp3) is 0.200. The summed E-state index contributed by atoms with van der Waals surface area (Å²) in [5, 5.41) is 2.88. The fourth-order valence-electron chi connectivity index (χ4n) is 2.74. The summed E-state index contributed by atoms with van der Waals surface area (Å²) in [4.78, 5) is 25.8. The van der Waals surface area contributed by atoms with Gasteiger partial charge in [0.25, 0.3) is 5.91 Å². The normalized spacial score (nSPS) is 13.0. The highest BCUT2D eigenvalue weighted by Crippen LogP contribution is 2.34. The van der Waals surface area contributed by atoms with E-state index in [1.165, 1.54) is 0 Å². The summed E-state index contributed by atoms with van der Waals surface area (Å²) in [5.41, 5.74) is 2.42. The lowest BCUT2D eigenvalue weighted by Crippen LogP contribution is -2.38. The molecule has 25 heavy (non-hydrogen) atoms. The first-order valence-corrected chi connectivity index (χ1v) is 8.19. The van der Waals surface area contributed by atoms with Gasteiger partial charge in [0.15, 0.2) is 6.61 Å². The number of hydrogen-bond acceptors (Lipinski definition) is 3. The molecule has 5 nitrogen and oxygen atoms in total. The van der Waals surface area contributed by atoms with Gasteiger partial charge in [0, 0.05) is 18.7 Å². The van der Waals surface area contributed by atoms with Gasteiger partial charge in [-0.3, -0.25) is 9.59 Å². The number of carbonyl (C=O) groups excluding carboxylic acids is 2. The number of carbonyl (C=O) groups is 2. The Labute approximate surface area is 146 Å². The molecule has 1 heterocycles. The molecule has 2 aromatic rings. The van der Waals surface area contributed by atoms with Crippen molar-refractivity contribution in [2.75, 3.05) is 23.4 Å². The largest absolute Gasteiger partial charge is 0.482 e. The van der Waals surface area contributed by atoms with Crippen molar-refractivity contribution in [2.45, 2.75) is 12.8 Å². The van der Waals surface area contributed by atoms with Crippen LogP contribution in [0.5, 0.6) is 5.75 Å². The van der Waals surface area contributed by atoms with Gasteiger partial charge in [-0.2, -0.15) is 0 Å². The van der Waals surface area contributed by atoms with Gasteiger partial charge in [0.2, 0.25) is 5.91 Å². The third-order valence-corrected chi connectivity index (χ3v) is 3.98. The van der Waals surface area contributed by atoms with Crippen molar-refractivity contribution in [3.05, 3.63) is 66.7 Å². The number of amides is 2. The summed E-state index contributed by atoms with van der Waals surface area (Å²) in [6.45, 7) is 4.10. The molecule has 2 amide bonds. The number of ether oxygens (including phenoxy) is 1. The first kappa shape index (κ1) is 16.8. The van der Waals surface area contributed by atoms with Crippen molar-refractivity contribution < 1.29 is 14.3 Å². The van der Waals surface area contributed by atoms with Gasteiger partial charge in [-0.15, -0.1) is 6.58 Å². The Kier molecular flexibility index (Phi) is 5.14. The summed E-state index contributed by atoms with van der Waals surface area (Å²) in [7, 11) is 0. The second-order valence-corrected chi connectivity index (χ2v) is 5.80. The molecule has 0 spiro atoms. The van der Waals surface area contributed by atoms with Crippen LogP contribution >= 0.6 is 0 Å². The Morgan fingerprint density at radius 1 is 1.24 bits per heavy atom. The van der Waals surface area contributed by atoms with Gasteiger partial charge in [-0.1, -0.05) is 36.4 Å². The van der Waals surface area contributed by atoms with E-state index in [4.69, 9.17) is 4.74 Å². The zero-order chi connectivity index (χ0) is 17.6. The van der Waals surface area contributed by atoms with Crippen molar-refractivity contribution in [3.63, 3.8) is 0 Å². The molecule has 0 aliphatic carbocycles. The predicted molar refractivity (Wildman–Crippen MR) is 97.9 cm³/mol. The summed E-state index contributed by atoms with van der Waals surface area (Å²) < 4.78 is 5.44. The molecule has 0 saturated carbocycles. The molecule has 1 aliphatic rings. The maximum atomic E-state index is 12.2. The van der Waals surface area contributed by atoms with E-state index >= 15 is 0 Å². The molecule has 0 unspecified atom stereocenters. The summed E-state index contributed by atoms with van der Waals surface area (Å²) in [6, 6.07) is 15.2. The molecule has 0 aromatic heterocycles. The summed E-state index contributed by atoms with van der Waals surface area (Å²) >= 11 is 0. The number of fused-ring (bicyclic) bond motifs is 1. The van der Waals surface area contributed by atoms with Gasteiger partial charge in [-0.05, 0) is 30.2 Å². The third kappa shape index (κ3) is 4.07. The quantitative estimate of drug-likeness (QED) is 0.824. The van der Waals surface area contributed by atoms with Crippen LogP contribution in [0.4, 0.5) is 11.4 Å². The van der Waals surface area contributed by atoms with Crippen LogP contribution in [0.3, 0.4) is 0 Å².